The lowest BCUT2D eigenvalue weighted by atomic mass is 9.90. The van der Waals surface area contributed by atoms with Gasteiger partial charge in [0.05, 0.1) is 0 Å². The Labute approximate surface area is 152 Å². The third kappa shape index (κ3) is 4.37. The Morgan fingerprint density at radius 3 is 2.16 bits per heavy atom. The largest absolute Gasteiger partial charge is 0.379 e. The number of nitrogens with zero attached hydrogens (tertiary/aromatic N) is 3. The molecule has 2 heterocycles. The number of aliphatic hydroxyl groups is 1. The number of carbonyl (C=O) groups is 1. The van der Waals surface area contributed by atoms with Gasteiger partial charge in [-0.2, -0.15) is 0 Å². The highest BCUT2D eigenvalue weighted by Gasteiger charge is 2.44. The quantitative estimate of drug-likeness (QED) is 0.790. The van der Waals surface area contributed by atoms with Crippen LogP contribution in [0.25, 0.3) is 0 Å². The fourth-order valence-electron chi connectivity index (χ4n) is 5.06. The molecule has 1 N–H and O–H groups in total. The van der Waals surface area contributed by atoms with E-state index in [9.17, 15) is 9.90 Å². The molecule has 5 heteroatoms. The first-order chi connectivity index (χ1) is 12.1. The van der Waals surface area contributed by atoms with Crippen LogP contribution in [-0.4, -0.2) is 83.7 Å². The summed E-state index contributed by atoms with van der Waals surface area (Å²) in [5.41, 5.74) is -1.14. The highest BCUT2D eigenvalue weighted by Crippen LogP contribution is 2.33. The van der Waals surface area contributed by atoms with E-state index in [1.54, 1.807) is 0 Å². The van der Waals surface area contributed by atoms with E-state index in [1.807, 2.05) is 4.90 Å². The minimum Gasteiger partial charge on any atom is -0.379 e. The maximum atomic E-state index is 12.8. The van der Waals surface area contributed by atoms with Crippen LogP contribution < -0.4 is 0 Å². The second kappa shape index (κ2) is 7.53. The zero-order chi connectivity index (χ0) is 17.3. The average Bonchev–Trinajstić information content (AvgIpc) is 3.27. The van der Waals surface area contributed by atoms with E-state index in [0.29, 0.717) is 18.9 Å². The number of likely N-dealkylation sites (tertiary alicyclic amines) is 1. The first-order valence-electron chi connectivity index (χ1n) is 10.6. The van der Waals surface area contributed by atoms with Gasteiger partial charge in [-0.25, -0.2) is 0 Å². The summed E-state index contributed by atoms with van der Waals surface area (Å²) in [6.45, 7) is 7.66. The number of hydrogen-bond acceptors (Lipinski definition) is 4. The van der Waals surface area contributed by atoms with Crippen LogP contribution in [0.15, 0.2) is 0 Å². The van der Waals surface area contributed by atoms with Crippen molar-refractivity contribution in [2.45, 2.75) is 57.0 Å². The number of piperazine rings is 1. The predicted octanol–water partition coefficient (Wildman–Crippen LogP) is 1.56. The lowest BCUT2D eigenvalue weighted by Gasteiger charge is -2.43. The summed E-state index contributed by atoms with van der Waals surface area (Å²) in [7, 11) is 0. The fraction of sp³-hybridized carbons (Fsp3) is 0.950. The minimum absolute atomic E-state index is 0.000893. The fourth-order valence-corrected chi connectivity index (χ4v) is 5.06. The van der Waals surface area contributed by atoms with Crippen LogP contribution in [0.5, 0.6) is 0 Å². The summed E-state index contributed by atoms with van der Waals surface area (Å²) < 4.78 is 0. The van der Waals surface area contributed by atoms with E-state index in [1.165, 1.54) is 45.1 Å². The number of carbonyl (C=O) groups excluding carboxylic acids is 1. The molecule has 4 fully saturated rings. The molecule has 2 aliphatic carbocycles. The summed E-state index contributed by atoms with van der Waals surface area (Å²) >= 11 is 0. The van der Waals surface area contributed by atoms with Gasteiger partial charge in [0.25, 0.3) is 5.91 Å². The topological polar surface area (TPSA) is 47.0 Å². The number of amides is 1. The van der Waals surface area contributed by atoms with Gasteiger partial charge in [0.15, 0.2) is 5.60 Å². The molecule has 2 aliphatic heterocycles. The predicted molar refractivity (Wildman–Crippen MR) is 98.3 cm³/mol. The Hall–Kier alpha value is -0.650. The van der Waals surface area contributed by atoms with Crippen LogP contribution in [-0.2, 0) is 4.79 Å². The van der Waals surface area contributed by atoms with Gasteiger partial charge in [0.1, 0.15) is 0 Å². The monoisotopic (exact) mass is 349 g/mol. The van der Waals surface area contributed by atoms with Gasteiger partial charge in [-0.3, -0.25) is 9.69 Å². The minimum atomic E-state index is -1.14. The van der Waals surface area contributed by atoms with Gasteiger partial charge < -0.3 is 14.9 Å². The molecule has 1 atom stereocenters. The van der Waals surface area contributed by atoms with Crippen LogP contribution in [0, 0.1) is 11.8 Å². The SMILES string of the molecule is O=C1N(CC2CC2)CCC[C@@]1(O)CN1CCN(CC2CCCC2)CC1. The molecule has 0 unspecified atom stereocenters. The van der Waals surface area contributed by atoms with Gasteiger partial charge >= 0.3 is 0 Å². The standard InChI is InChI=1S/C20H35N3O2/c24-19-20(25,8-3-9-23(19)15-18-6-7-18)16-22-12-10-21(11-13-22)14-17-4-1-2-5-17/h17-18,25H,1-16H2/t20-/m1/s1. The van der Waals surface area contributed by atoms with Crippen molar-refractivity contribution in [3.05, 3.63) is 0 Å². The van der Waals surface area contributed by atoms with E-state index in [-0.39, 0.29) is 5.91 Å². The molecule has 4 aliphatic rings. The molecule has 4 rings (SSSR count). The highest BCUT2D eigenvalue weighted by molar-refractivity contribution is 5.86. The normalized spacial score (nSPS) is 33.3. The van der Waals surface area contributed by atoms with Gasteiger partial charge in [-0.05, 0) is 50.4 Å². The lowest BCUT2D eigenvalue weighted by Crippen LogP contribution is -2.61. The summed E-state index contributed by atoms with van der Waals surface area (Å²) in [4.78, 5) is 19.7. The van der Waals surface area contributed by atoms with E-state index in [4.69, 9.17) is 0 Å². The molecule has 25 heavy (non-hydrogen) atoms. The van der Waals surface area contributed by atoms with Crippen molar-refractivity contribution >= 4 is 5.91 Å². The molecule has 0 radical (unpaired) electrons. The molecular weight excluding hydrogens is 314 g/mol. The highest BCUT2D eigenvalue weighted by atomic mass is 16.3. The molecular formula is C20H35N3O2. The first-order valence-corrected chi connectivity index (χ1v) is 10.6. The van der Waals surface area contributed by atoms with E-state index >= 15 is 0 Å². The van der Waals surface area contributed by atoms with E-state index in [2.05, 4.69) is 9.80 Å². The van der Waals surface area contributed by atoms with Gasteiger partial charge in [-0.1, -0.05) is 12.8 Å². The summed E-state index contributed by atoms with van der Waals surface area (Å²) in [6, 6.07) is 0. The molecule has 2 saturated carbocycles. The van der Waals surface area contributed by atoms with Crippen molar-refractivity contribution in [1.29, 1.82) is 0 Å². The van der Waals surface area contributed by atoms with Crippen molar-refractivity contribution in [3.8, 4) is 0 Å². The molecule has 0 aromatic rings. The van der Waals surface area contributed by atoms with Crippen molar-refractivity contribution in [1.82, 2.24) is 14.7 Å². The van der Waals surface area contributed by atoms with Gasteiger partial charge in [-0.15, -0.1) is 0 Å². The van der Waals surface area contributed by atoms with Crippen LogP contribution in [0.3, 0.4) is 0 Å². The van der Waals surface area contributed by atoms with E-state index < -0.39 is 5.60 Å². The molecule has 1 amide bonds. The van der Waals surface area contributed by atoms with E-state index in [0.717, 1.165) is 51.6 Å². The number of β-amino-alcohol motifs (C(OH)–C–C–N with tert-alkyl or cyclic N) is 1. The summed E-state index contributed by atoms with van der Waals surface area (Å²) in [5, 5.41) is 11.0. The number of hydrogen-bond donors (Lipinski definition) is 1. The molecule has 0 bridgehead atoms. The van der Waals surface area contributed by atoms with Crippen LogP contribution >= 0.6 is 0 Å². The Balaban J connectivity index is 1.25. The Morgan fingerprint density at radius 1 is 0.840 bits per heavy atom. The van der Waals surface area contributed by atoms with Crippen LogP contribution in [0.4, 0.5) is 0 Å². The number of rotatable bonds is 6. The van der Waals surface area contributed by atoms with Crippen molar-refractivity contribution in [3.63, 3.8) is 0 Å². The number of piperidine rings is 1. The van der Waals surface area contributed by atoms with Crippen molar-refractivity contribution in [2.24, 2.45) is 11.8 Å². The average molecular weight is 350 g/mol. The third-order valence-corrected chi connectivity index (χ3v) is 6.82. The van der Waals surface area contributed by atoms with Crippen molar-refractivity contribution < 1.29 is 9.90 Å². The Bertz CT molecular complexity index is 468. The van der Waals surface area contributed by atoms with Gasteiger partial charge in [0, 0.05) is 52.4 Å². The Morgan fingerprint density at radius 2 is 1.48 bits per heavy atom. The van der Waals surface area contributed by atoms with Crippen LogP contribution in [0.1, 0.15) is 51.4 Å². The molecule has 2 saturated heterocycles. The summed E-state index contributed by atoms with van der Waals surface area (Å²) in [6.07, 6.45) is 9.73. The summed E-state index contributed by atoms with van der Waals surface area (Å²) in [5.74, 6) is 1.61. The third-order valence-electron chi connectivity index (χ3n) is 6.82. The maximum Gasteiger partial charge on any atom is 0.255 e. The molecule has 0 aromatic carbocycles. The second-order valence-electron chi connectivity index (χ2n) is 9.06. The van der Waals surface area contributed by atoms with Crippen molar-refractivity contribution in [2.75, 3.05) is 52.4 Å². The molecule has 142 valence electrons. The smallest absolute Gasteiger partial charge is 0.255 e. The molecule has 5 nitrogen and oxygen atoms in total. The molecule has 0 spiro atoms. The first kappa shape index (κ1) is 17.7. The van der Waals surface area contributed by atoms with Crippen LogP contribution in [0.2, 0.25) is 0 Å². The zero-order valence-corrected chi connectivity index (χ0v) is 15.7. The molecule has 0 aromatic heterocycles. The maximum absolute atomic E-state index is 12.8. The second-order valence-corrected chi connectivity index (χ2v) is 9.06. The zero-order valence-electron chi connectivity index (χ0n) is 15.7. The van der Waals surface area contributed by atoms with Gasteiger partial charge in [0.2, 0.25) is 0 Å². The Kier molecular flexibility index (Phi) is 5.35. The lowest BCUT2D eigenvalue weighted by molar-refractivity contribution is -0.160.